The van der Waals surface area contributed by atoms with Crippen LogP contribution in [0.3, 0.4) is 0 Å². The highest BCUT2D eigenvalue weighted by Gasteiger charge is 2.22. The second-order valence-corrected chi connectivity index (χ2v) is 8.20. The summed E-state index contributed by atoms with van der Waals surface area (Å²) in [6.45, 7) is 3.96. The van der Waals surface area contributed by atoms with Gasteiger partial charge in [-0.1, -0.05) is 90.0 Å². The van der Waals surface area contributed by atoms with E-state index in [1.807, 2.05) is 0 Å². The summed E-state index contributed by atoms with van der Waals surface area (Å²) in [4.78, 5) is 24.0. The number of halogens is 2. The number of ether oxygens (including phenoxy) is 1. The fourth-order valence-electron chi connectivity index (χ4n) is 3.46. The average molecular weight is 440 g/mol. The highest BCUT2D eigenvalue weighted by atomic mass is 19.1. The summed E-state index contributed by atoms with van der Waals surface area (Å²) in [7, 11) is 0. The molecule has 1 amide bonds. The SMILES string of the molecule is CCCCCCCCCCCCCCCOC(=O)[C@H](C)NC(=O)c1c(F)cccc1F. The van der Waals surface area contributed by atoms with Crippen molar-refractivity contribution in [2.45, 2.75) is 103 Å². The quantitative estimate of drug-likeness (QED) is 0.217. The standard InChI is InChI=1S/C25H39F2NO3/c1-3-4-5-6-7-8-9-10-11-12-13-14-15-19-31-25(30)20(2)28-24(29)23-21(26)17-16-18-22(23)27/h16-18,20H,3-15,19H2,1-2H3,(H,28,29)/t20-/m0/s1. The summed E-state index contributed by atoms with van der Waals surface area (Å²) in [6.07, 6.45) is 16.1. The molecule has 6 heteroatoms. The summed E-state index contributed by atoms with van der Waals surface area (Å²) < 4.78 is 32.4. The van der Waals surface area contributed by atoms with E-state index in [0.29, 0.717) is 0 Å². The first-order valence-corrected chi connectivity index (χ1v) is 11.9. The molecule has 0 radical (unpaired) electrons. The normalized spacial score (nSPS) is 11.9. The van der Waals surface area contributed by atoms with Gasteiger partial charge in [-0.15, -0.1) is 0 Å². The summed E-state index contributed by atoms with van der Waals surface area (Å²) in [5.41, 5.74) is -0.696. The monoisotopic (exact) mass is 439 g/mol. The molecular formula is C25H39F2NO3. The maximum absolute atomic E-state index is 13.6. The Morgan fingerprint density at radius 1 is 0.839 bits per heavy atom. The smallest absolute Gasteiger partial charge is 0.328 e. The molecule has 0 aliphatic rings. The lowest BCUT2D eigenvalue weighted by Crippen LogP contribution is -2.40. The summed E-state index contributed by atoms with van der Waals surface area (Å²) in [5, 5.41) is 2.28. The molecule has 31 heavy (non-hydrogen) atoms. The first kappa shape index (κ1) is 27.1. The van der Waals surface area contributed by atoms with Crippen LogP contribution in [0.4, 0.5) is 8.78 Å². The van der Waals surface area contributed by atoms with Gasteiger partial charge in [0, 0.05) is 0 Å². The number of rotatable bonds is 17. The Hall–Kier alpha value is -1.98. The number of amides is 1. The minimum Gasteiger partial charge on any atom is -0.464 e. The maximum Gasteiger partial charge on any atom is 0.328 e. The van der Waals surface area contributed by atoms with Gasteiger partial charge in [-0.05, 0) is 25.5 Å². The van der Waals surface area contributed by atoms with E-state index in [-0.39, 0.29) is 6.61 Å². The second kappa shape index (κ2) is 16.7. The molecule has 0 aliphatic carbocycles. The number of carbonyl (C=O) groups is 2. The average Bonchev–Trinajstić information content (AvgIpc) is 2.73. The fourth-order valence-corrected chi connectivity index (χ4v) is 3.46. The zero-order chi connectivity index (χ0) is 22.9. The van der Waals surface area contributed by atoms with Gasteiger partial charge in [-0.2, -0.15) is 0 Å². The van der Waals surface area contributed by atoms with Crippen LogP contribution in [0.25, 0.3) is 0 Å². The van der Waals surface area contributed by atoms with Gasteiger partial charge in [0.15, 0.2) is 0 Å². The van der Waals surface area contributed by atoms with Crippen LogP contribution >= 0.6 is 0 Å². The Morgan fingerprint density at radius 3 is 1.77 bits per heavy atom. The first-order valence-electron chi connectivity index (χ1n) is 11.9. The van der Waals surface area contributed by atoms with Gasteiger partial charge in [-0.3, -0.25) is 4.79 Å². The van der Waals surface area contributed by atoms with Gasteiger partial charge in [0.1, 0.15) is 23.2 Å². The van der Waals surface area contributed by atoms with Crippen LogP contribution < -0.4 is 5.32 Å². The molecule has 4 nitrogen and oxygen atoms in total. The van der Waals surface area contributed by atoms with E-state index in [1.165, 1.54) is 77.2 Å². The molecule has 1 rings (SSSR count). The number of carbonyl (C=O) groups excluding carboxylic acids is 2. The van der Waals surface area contributed by atoms with Crippen molar-refractivity contribution < 1.29 is 23.1 Å². The zero-order valence-electron chi connectivity index (χ0n) is 19.2. The molecule has 1 N–H and O–H groups in total. The molecule has 1 aromatic rings. The van der Waals surface area contributed by atoms with Crippen molar-refractivity contribution in [1.82, 2.24) is 5.32 Å². The van der Waals surface area contributed by atoms with Crippen LogP contribution in [0.1, 0.15) is 108 Å². The van der Waals surface area contributed by atoms with E-state index in [0.717, 1.165) is 31.4 Å². The molecule has 176 valence electrons. The fraction of sp³-hybridized carbons (Fsp3) is 0.680. The third kappa shape index (κ3) is 11.8. The van der Waals surface area contributed by atoms with E-state index in [4.69, 9.17) is 4.74 Å². The van der Waals surface area contributed by atoms with Crippen molar-refractivity contribution in [3.05, 3.63) is 35.4 Å². The van der Waals surface area contributed by atoms with Crippen molar-refractivity contribution in [3.8, 4) is 0 Å². The van der Waals surface area contributed by atoms with Gasteiger partial charge in [0.2, 0.25) is 0 Å². The van der Waals surface area contributed by atoms with Gasteiger partial charge < -0.3 is 10.1 Å². The van der Waals surface area contributed by atoms with Crippen LogP contribution in [-0.4, -0.2) is 24.5 Å². The van der Waals surface area contributed by atoms with Crippen molar-refractivity contribution in [1.29, 1.82) is 0 Å². The zero-order valence-corrected chi connectivity index (χ0v) is 19.2. The minimum absolute atomic E-state index is 0.283. The largest absolute Gasteiger partial charge is 0.464 e. The Bertz CT molecular complexity index is 631. The molecule has 0 saturated heterocycles. The maximum atomic E-state index is 13.6. The van der Waals surface area contributed by atoms with E-state index in [9.17, 15) is 18.4 Å². The predicted octanol–water partition coefficient (Wildman–Crippen LogP) is 6.72. The number of benzene rings is 1. The molecular weight excluding hydrogens is 400 g/mol. The van der Waals surface area contributed by atoms with Gasteiger partial charge in [0.05, 0.1) is 6.61 Å². The highest BCUT2D eigenvalue weighted by molar-refractivity contribution is 5.97. The van der Waals surface area contributed by atoms with E-state index >= 15 is 0 Å². The Labute approximate surface area is 186 Å². The number of hydrogen-bond donors (Lipinski definition) is 1. The summed E-state index contributed by atoms with van der Waals surface area (Å²) >= 11 is 0. The molecule has 1 aromatic carbocycles. The summed E-state index contributed by atoms with van der Waals surface area (Å²) in [5.74, 6) is -3.51. The van der Waals surface area contributed by atoms with Crippen LogP contribution in [0.15, 0.2) is 18.2 Å². The molecule has 0 aromatic heterocycles. The Kier molecular flexibility index (Phi) is 14.6. The van der Waals surface area contributed by atoms with Crippen molar-refractivity contribution in [2.75, 3.05) is 6.61 Å². The third-order valence-corrected chi connectivity index (χ3v) is 5.38. The molecule has 0 spiro atoms. The van der Waals surface area contributed by atoms with E-state index in [2.05, 4.69) is 12.2 Å². The van der Waals surface area contributed by atoms with E-state index < -0.39 is 35.1 Å². The predicted molar refractivity (Wildman–Crippen MR) is 120 cm³/mol. The number of hydrogen-bond acceptors (Lipinski definition) is 3. The third-order valence-electron chi connectivity index (χ3n) is 5.38. The molecule has 0 saturated carbocycles. The molecule has 0 unspecified atom stereocenters. The number of esters is 1. The molecule has 0 bridgehead atoms. The molecule has 0 heterocycles. The lowest BCUT2D eigenvalue weighted by atomic mass is 10.0. The van der Waals surface area contributed by atoms with Crippen LogP contribution in [-0.2, 0) is 9.53 Å². The molecule has 0 aliphatic heterocycles. The van der Waals surface area contributed by atoms with Crippen LogP contribution in [0.2, 0.25) is 0 Å². The molecule has 0 fully saturated rings. The minimum atomic E-state index is -0.978. The number of unbranched alkanes of at least 4 members (excludes halogenated alkanes) is 12. The van der Waals surface area contributed by atoms with Gasteiger partial charge in [-0.25, -0.2) is 13.6 Å². The first-order chi connectivity index (χ1) is 15.0. The van der Waals surface area contributed by atoms with Crippen molar-refractivity contribution in [3.63, 3.8) is 0 Å². The number of nitrogens with one attached hydrogen (secondary N) is 1. The van der Waals surface area contributed by atoms with Crippen molar-refractivity contribution in [2.24, 2.45) is 0 Å². The Morgan fingerprint density at radius 2 is 1.29 bits per heavy atom. The highest BCUT2D eigenvalue weighted by Crippen LogP contribution is 2.13. The van der Waals surface area contributed by atoms with Gasteiger partial charge in [0.25, 0.3) is 5.91 Å². The lowest BCUT2D eigenvalue weighted by molar-refractivity contribution is -0.145. The van der Waals surface area contributed by atoms with Crippen molar-refractivity contribution >= 4 is 11.9 Å². The lowest BCUT2D eigenvalue weighted by Gasteiger charge is -2.14. The van der Waals surface area contributed by atoms with E-state index in [1.54, 1.807) is 0 Å². The van der Waals surface area contributed by atoms with Crippen LogP contribution in [0, 0.1) is 11.6 Å². The van der Waals surface area contributed by atoms with Crippen LogP contribution in [0.5, 0.6) is 0 Å². The topological polar surface area (TPSA) is 55.4 Å². The molecule has 1 atom stereocenters. The Balaban J connectivity index is 2.03. The second-order valence-electron chi connectivity index (χ2n) is 8.20. The van der Waals surface area contributed by atoms with Gasteiger partial charge >= 0.3 is 5.97 Å². The summed E-state index contributed by atoms with van der Waals surface area (Å²) in [6, 6.07) is 2.19.